The SMILES string of the molecule is CCc1ccc(-c2nc(S[C@H](C)C(=O)N3CCN(c4ccccc4)CC3)n[nH]2)cc1. The van der Waals surface area contributed by atoms with E-state index in [2.05, 4.69) is 75.5 Å². The highest BCUT2D eigenvalue weighted by atomic mass is 32.2. The van der Waals surface area contributed by atoms with E-state index >= 15 is 0 Å². The predicted molar refractivity (Wildman–Crippen MR) is 122 cm³/mol. The zero-order valence-corrected chi connectivity index (χ0v) is 18.2. The number of nitrogens with one attached hydrogen (secondary N) is 1. The molecule has 0 radical (unpaired) electrons. The van der Waals surface area contributed by atoms with Gasteiger partial charge in [0.1, 0.15) is 0 Å². The number of nitrogens with zero attached hydrogens (tertiary/aromatic N) is 4. The van der Waals surface area contributed by atoms with Gasteiger partial charge in [-0.2, -0.15) is 0 Å². The van der Waals surface area contributed by atoms with Crippen LogP contribution in [-0.2, 0) is 11.2 Å². The molecular formula is C23H27N5OS. The minimum atomic E-state index is -0.223. The van der Waals surface area contributed by atoms with E-state index in [1.165, 1.54) is 23.0 Å². The second-order valence-electron chi connectivity index (χ2n) is 7.43. The fourth-order valence-corrected chi connectivity index (χ4v) is 4.42. The van der Waals surface area contributed by atoms with Gasteiger partial charge in [-0.05, 0) is 31.0 Å². The van der Waals surface area contributed by atoms with E-state index < -0.39 is 0 Å². The van der Waals surface area contributed by atoms with Gasteiger partial charge in [-0.25, -0.2) is 4.98 Å². The first kappa shape index (κ1) is 20.5. The van der Waals surface area contributed by atoms with Crippen molar-refractivity contribution in [2.24, 2.45) is 0 Å². The molecule has 2 aromatic carbocycles. The third kappa shape index (κ3) is 4.67. The fourth-order valence-electron chi connectivity index (χ4n) is 3.62. The lowest BCUT2D eigenvalue weighted by Crippen LogP contribution is -2.50. The van der Waals surface area contributed by atoms with Crippen LogP contribution in [0.15, 0.2) is 59.8 Å². The van der Waals surface area contributed by atoms with E-state index in [1.807, 2.05) is 17.9 Å². The van der Waals surface area contributed by atoms with Crippen molar-refractivity contribution in [1.29, 1.82) is 0 Å². The molecule has 1 atom stereocenters. The topological polar surface area (TPSA) is 65.1 Å². The number of rotatable bonds is 6. The van der Waals surface area contributed by atoms with Gasteiger partial charge in [0.15, 0.2) is 5.82 Å². The number of hydrogen-bond acceptors (Lipinski definition) is 5. The number of piperazine rings is 1. The van der Waals surface area contributed by atoms with Crippen LogP contribution in [0.3, 0.4) is 0 Å². The van der Waals surface area contributed by atoms with Gasteiger partial charge in [0, 0.05) is 37.4 Å². The largest absolute Gasteiger partial charge is 0.368 e. The first-order valence-corrected chi connectivity index (χ1v) is 11.3. The van der Waals surface area contributed by atoms with E-state index in [4.69, 9.17) is 0 Å². The average molecular weight is 422 g/mol. The number of hydrogen-bond donors (Lipinski definition) is 1. The molecule has 1 fully saturated rings. The van der Waals surface area contributed by atoms with Crippen LogP contribution in [0.2, 0.25) is 0 Å². The Kier molecular flexibility index (Phi) is 6.38. The molecule has 1 saturated heterocycles. The normalized spacial score (nSPS) is 15.3. The van der Waals surface area contributed by atoms with Crippen LogP contribution in [0.25, 0.3) is 11.4 Å². The van der Waals surface area contributed by atoms with Crippen LogP contribution >= 0.6 is 11.8 Å². The summed E-state index contributed by atoms with van der Waals surface area (Å²) in [5.41, 5.74) is 3.51. The fraction of sp³-hybridized carbons (Fsp3) is 0.348. The Morgan fingerprint density at radius 1 is 1.07 bits per heavy atom. The number of carbonyl (C=O) groups is 1. The number of benzene rings is 2. The van der Waals surface area contributed by atoms with Gasteiger partial charge >= 0.3 is 0 Å². The maximum absolute atomic E-state index is 12.9. The Bertz CT molecular complexity index is 965. The number of thioether (sulfide) groups is 1. The second-order valence-corrected chi connectivity index (χ2v) is 8.73. The molecule has 30 heavy (non-hydrogen) atoms. The van der Waals surface area contributed by atoms with Crippen molar-refractivity contribution in [2.45, 2.75) is 30.7 Å². The van der Waals surface area contributed by atoms with Crippen molar-refractivity contribution in [3.63, 3.8) is 0 Å². The number of H-pyrrole nitrogens is 1. The first-order chi connectivity index (χ1) is 14.6. The molecule has 4 rings (SSSR count). The summed E-state index contributed by atoms with van der Waals surface area (Å²) in [6.45, 7) is 7.25. The zero-order valence-electron chi connectivity index (χ0n) is 17.4. The van der Waals surface area contributed by atoms with Gasteiger partial charge in [-0.15, -0.1) is 5.10 Å². The predicted octanol–water partition coefficient (Wildman–Crippen LogP) is 3.86. The van der Waals surface area contributed by atoms with Gasteiger partial charge in [-0.1, -0.05) is 61.2 Å². The third-order valence-electron chi connectivity index (χ3n) is 5.44. The summed E-state index contributed by atoms with van der Waals surface area (Å²) in [7, 11) is 0. The molecule has 1 aromatic heterocycles. The van der Waals surface area contributed by atoms with Crippen LogP contribution < -0.4 is 4.90 Å². The van der Waals surface area contributed by atoms with Crippen LogP contribution in [0.4, 0.5) is 5.69 Å². The van der Waals surface area contributed by atoms with Crippen molar-refractivity contribution in [3.05, 3.63) is 60.2 Å². The van der Waals surface area contributed by atoms with Crippen molar-refractivity contribution in [2.75, 3.05) is 31.1 Å². The van der Waals surface area contributed by atoms with E-state index in [0.717, 1.165) is 44.0 Å². The summed E-state index contributed by atoms with van der Waals surface area (Å²) in [6, 6.07) is 18.7. The van der Waals surface area contributed by atoms with Crippen LogP contribution in [0.1, 0.15) is 19.4 Å². The standard InChI is InChI=1S/C23H27N5OS/c1-3-18-9-11-19(12-10-18)21-24-23(26-25-21)30-17(2)22(29)28-15-13-27(14-16-28)20-7-5-4-6-8-20/h4-12,17H,3,13-16H2,1-2H3,(H,24,25,26)/t17-/m1/s1. The van der Waals surface area contributed by atoms with E-state index in [9.17, 15) is 4.79 Å². The molecule has 2 heterocycles. The molecule has 0 unspecified atom stereocenters. The lowest BCUT2D eigenvalue weighted by Gasteiger charge is -2.37. The van der Waals surface area contributed by atoms with Gasteiger partial charge < -0.3 is 9.80 Å². The number of anilines is 1. The molecule has 7 heteroatoms. The van der Waals surface area contributed by atoms with Crippen molar-refractivity contribution in [3.8, 4) is 11.4 Å². The quantitative estimate of drug-likeness (QED) is 0.612. The van der Waals surface area contributed by atoms with Gasteiger partial charge in [0.25, 0.3) is 0 Å². The highest BCUT2D eigenvalue weighted by Crippen LogP contribution is 2.25. The Balaban J connectivity index is 1.32. The number of aromatic amines is 1. The maximum Gasteiger partial charge on any atom is 0.236 e. The van der Waals surface area contributed by atoms with Gasteiger partial charge in [-0.3, -0.25) is 9.89 Å². The molecule has 1 aliphatic heterocycles. The lowest BCUT2D eigenvalue weighted by molar-refractivity contribution is -0.130. The third-order valence-corrected chi connectivity index (χ3v) is 6.39. The number of aromatic nitrogens is 3. The van der Waals surface area contributed by atoms with Gasteiger partial charge in [0.2, 0.25) is 11.1 Å². The lowest BCUT2D eigenvalue weighted by atomic mass is 10.1. The average Bonchev–Trinajstić information content (AvgIpc) is 3.27. The summed E-state index contributed by atoms with van der Waals surface area (Å²) in [5, 5.41) is 7.68. The minimum Gasteiger partial charge on any atom is -0.368 e. The summed E-state index contributed by atoms with van der Waals surface area (Å²) < 4.78 is 0. The highest BCUT2D eigenvalue weighted by Gasteiger charge is 2.26. The number of amides is 1. The molecular weight excluding hydrogens is 394 g/mol. The summed E-state index contributed by atoms with van der Waals surface area (Å²) in [4.78, 5) is 21.8. The minimum absolute atomic E-state index is 0.145. The molecule has 0 bridgehead atoms. The Labute approximate surface area is 181 Å². The molecule has 1 amide bonds. The molecule has 156 valence electrons. The first-order valence-electron chi connectivity index (χ1n) is 10.4. The van der Waals surface area contributed by atoms with Crippen molar-refractivity contribution in [1.82, 2.24) is 20.1 Å². The van der Waals surface area contributed by atoms with Crippen LogP contribution in [0.5, 0.6) is 0 Å². The molecule has 6 nitrogen and oxygen atoms in total. The number of aryl methyl sites for hydroxylation is 1. The van der Waals surface area contributed by atoms with Crippen molar-refractivity contribution >= 4 is 23.4 Å². The molecule has 0 saturated carbocycles. The van der Waals surface area contributed by atoms with Crippen LogP contribution in [-0.4, -0.2) is 57.4 Å². The van der Waals surface area contributed by atoms with E-state index in [1.54, 1.807) is 0 Å². The summed E-state index contributed by atoms with van der Waals surface area (Å²) >= 11 is 1.41. The van der Waals surface area contributed by atoms with Crippen LogP contribution in [0, 0.1) is 0 Å². The summed E-state index contributed by atoms with van der Waals surface area (Å²) in [6.07, 6.45) is 1.01. The molecule has 1 N–H and O–H groups in total. The Hall–Kier alpha value is -2.80. The monoisotopic (exact) mass is 421 g/mol. The highest BCUT2D eigenvalue weighted by molar-refractivity contribution is 8.00. The maximum atomic E-state index is 12.9. The molecule has 0 spiro atoms. The van der Waals surface area contributed by atoms with E-state index in [0.29, 0.717) is 5.16 Å². The molecule has 0 aliphatic carbocycles. The Morgan fingerprint density at radius 2 is 1.77 bits per heavy atom. The smallest absolute Gasteiger partial charge is 0.236 e. The molecule has 3 aromatic rings. The zero-order chi connectivity index (χ0) is 20.9. The van der Waals surface area contributed by atoms with E-state index in [-0.39, 0.29) is 11.2 Å². The molecule has 1 aliphatic rings. The second kappa shape index (κ2) is 9.34. The number of carbonyl (C=O) groups excluding carboxylic acids is 1. The summed E-state index contributed by atoms with van der Waals surface area (Å²) in [5.74, 6) is 0.877. The Morgan fingerprint density at radius 3 is 2.43 bits per heavy atom. The van der Waals surface area contributed by atoms with Gasteiger partial charge in [0.05, 0.1) is 5.25 Å². The number of para-hydroxylation sites is 1. The van der Waals surface area contributed by atoms with Crippen molar-refractivity contribution < 1.29 is 4.79 Å².